The lowest BCUT2D eigenvalue weighted by molar-refractivity contribution is 0.638. The molecule has 0 heterocycles. The summed E-state index contributed by atoms with van der Waals surface area (Å²) in [6.45, 7) is 3.99. The quantitative estimate of drug-likeness (QED) is 0.890. The van der Waals surface area contributed by atoms with Crippen molar-refractivity contribution in [2.75, 3.05) is 5.32 Å². The summed E-state index contributed by atoms with van der Waals surface area (Å²) in [5, 5.41) is 3.97. The van der Waals surface area contributed by atoms with Gasteiger partial charge in [0.1, 0.15) is 0 Å². The third-order valence-electron chi connectivity index (χ3n) is 2.10. The maximum Gasteiger partial charge on any atom is 0.0638 e. The van der Waals surface area contributed by atoms with Crippen LogP contribution < -0.4 is 11.1 Å². The molecule has 0 aliphatic carbocycles. The van der Waals surface area contributed by atoms with Gasteiger partial charge >= 0.3 is 0 Å². The normalized spacial score (nSPS) is 14.9. The lowest BCUT2D eigenvalue weighted by Crippen LogP contribution is -2.35. The highest BCUT2D eigenvalue weighted by Gasteiger charge is 2.09. The minimum atomic E-state index is 0.0880. The zero-order valence-electron chi connectivity index (χ0n) is 8.22. The second-order valence-electron chi connectivity index (χ2n) is 3.42. The summed E-state index contributed by atoms with van der Waals surface area (Å²) < 4.78 is 1.00. The molecular weight excluding hydrogens is 263 g/mol. The van der Waals surface area contributed by atoms with Crippen LogP contribution in [0.2, 0.25) is 5.02 Å². The molecule has 1 aromatic rings. The molecule has 0 radical (unpaired) electrons. The van der Waals surface area contributed by atoms with E-state index in [9.17, 15) is 0 Å². The fraction of sp³-hybridized carbons (Fsp3) is 0.400. The fourth-order valence-corrected chi connectivity index (χ4v) is 1.52. The second-order valence-corrected chi connectivity index (χ2v) is 4.74. The Labute approximate surface area is 98.0 Å². The highest BCUT2D eigenvalue weighted by atomic mass is 79.9. The van der Waals surface area contributed by atoms with Crippen molar-refractivity contribution in [3.05, 3.63) is 27.7 Å². The zero-order chi connectivity index (χ0) is 10.7. The van der Waals surface area contributed by atoms with Crippen molar-refractivity contribution in [2.24, 2.45) is 5.73 Å². The Morgan fingerprint density at radius 1 is 1.43 bits per heavy atom. The van der Waals surface area contributed by atoms with Crippen LogP contribution in [-0.2, 0) is 0 Å². The van der Waals surface area contributed by atoms with Crippen LogP contribution in [0.25, 0.3) is 0 Å². The molecule has 0 amide bonds. The topological polar surface area (TPSA) is 38.0 Å². The van der Waals surface area contributed by atoms with Crippen LogP contribution in [0.4, 0.5) is 5.69 Å². The van der Waals surface area contributed by atoms with Crippen molar-refractivity contribution < 1.29 is 0 Å². The summed E-state index contributed by atoms with van der Waals surface area (Å²) in [7, 11) is 0. The molecule has 0 bridgehead atoms. The lowest BCUT2D eigenvalue weighted by Gasteiger charge is -2.19. The molecule has 4 heteroatoms. The van der Waals surface area contributed by atoms with Crippen molar-refractivity contribution in [3.63, 3.8) is 0 Å². The van der Waals surface area contributed by atoms with Crippen LogP contribution in [0.1, 0.15) is 13.8 Å². The first-order valence-electron chi connectivity index (χ1n) is 4.48. The molecule has 2 atom stereocenters. The largest absolute Gasteiger partial charge is 0.380 e. The third-order valence-corrected chi connectivity index (χ3v) is 2.92. The van der Waals surface area contributed by atoms with Crippen LogP contribution in [0, 0.1) is 0 Å². The number of halogens is 2. The first-order chi connectivity index (χ1) is 6.50. The highest BCUT2D eigenvalue weighted by Crippen LogP contribution is 2.26. The average molecular weight is 278 g/mol. The Bertz CT molecular complexity index is 315. The molecule has 1 rings (SSSR count). The molecule has 0 aliphatic rings. The van der Waals surface area contributed by atoms with Crippen LogP contribution in [-0.4, -0.2) is 12.1 Å². The molecule has 2 nitrogen and oxygen atoms in total. The summed E-state index contributed by atoms with van der Waals surface area (Å²) >= 11 is 9.41. The Balaban J connectivity index is 2.80. The second kappa shape index (κ2) is 5.01. The average Bonchev–Trinajstić information content (AvgIpc) is 2.11. The standard InChI is InChI=1S/C10H14BrClN2/c1-6(13)7(2)14-10-5-8(11)3-4-9(10)12/h3-7,14H,13H2,1-2H3. The molecule has 2 unspecified atom stereocenters. The van der Waals surface area contributed by atoms with Gasteiger partial charge in [0.15, 0.2) is 0 Å². The van der Waals surface area contributed by atoms with Gasteiger partial charge in [-0.3, -0.25) is 0 Å². The summed E-state index contributed by atoms with van der Waals surface area (Å²) in [6, 6.07) is 5.99. The summed E-state index contributed by atoms with van der Waals surface area (Å²) in [4.78, 5) is 0. The van der Waals surface area contributed by atoms with Gasteiger partial charge in [-0.25, -0.2) is 0 Å². The van der Waals surface area contributed by atoms with Crippen LogP contribution >= 0.6 is 27.5 Å². The van der Waals surface area contributed by atoms with Crippen LogP contribution in [0.3, 0.4) is 0 Å². The monoisotopic (exact) mass is 276 g/mol. The molecule has 0 aliphatic heterocycles. The molecule has 0 spiro atoms. The molecule has 78 valence electrons. The van der Waals surface area contributed by atoms with E-state index >= 15 is 0 Å². The minimum Gasteiger partial charge on any atom is -0.380 e. The SMILES string of the molecule is CC(N)C(C)Nc1cc(Br)ccc1Cl. The van der Waals surface area contributed by atoms with E-state index in [0.29, 0.717) is 5.02 Å². The van der Waals surface area contributed by atoms with Crippen molar-refractivity contribution in [1.29, 1.82) is 0 Å². The number of rotatable bonds is 3. The van der Waals surface area contributed by atoms with Crippen molar-refractivity contribution in [3.8, 4) is 0 Å². The Kier molecular flexibility index (Phi) is 4.23. The molecule has 3 N–H and O–H groups in total. The molecular formula is C10H14BrClN2. The molecule has 0 fully saturated rings. The van der Waals surface area contributed by atoms with Gasteiger partial charge in [0, 0.05) is 16.6 Å². The molecule has 1 aromatic carbocycles. The zero-order valence-corrected chi connectivity index (χ0v) is 10.6. The van der Waals surface area contributed by atoms with Gasteiger partial charge in [-0.05, 0) is 32.0 Å². The van der Waals surface area contributed by atoms with E-state index in [0.717, 1.165) is 10.2 Å². The third kappa shape index (κ3) is 3.15. The number of benzene rings is 1. The summed E-state index contributed by atoms with van der Waals surface area (Å²) in [5.74, 6) is 0. The Hall–Kier alpha value is -0.250. The van der Waals surface area contributed by atoms with E-state index in [1.165, 1.54) is 0 Å². The van der Waals surface area contributed by atoms with Gasteiger partial charge in [-0.2, -0.15) is 0 Å². The number of nitrogens with one attached hydrogen (secondary N) is 1. The number of hydrogen-bond acceptors (Lipinski definition) is 2. The predicted molar refractivity (Wildman–Crippen MR) is 65.9 cm³/mol. The fourth-order valence-electron chi connectivity index (χ4n) is 0.985. The summed E-state index contributed by atoms with van der Waals surface area (Å²) in [5.41, 5.74) is 6.66. The maximum absolute atomic E-state index is 6.02. The minimum absolute atomic E-state index is 0.0880. The summed E-state index contributed by atoms with van der Waals surface area (Å²) in [6.07, 6.45) is 0. The van der Waals surface area contributed by atoms with E-state index < -0.39 is 0 Å². The molecule has 0 aromatic heterocycles. The predicted octanol–water partition coefficient (Wildman–Crippen LogP) is 3.25. The molecule has 14 heavy (non-hydrogen) atoms. The number of hydrogen-bond donors (Lipinski definition) is 2. The van der Waals surface area contributed by atoms with Crippen molar-refractivity contribution >= 4 is 33.2 Å². The van der Waals surface area contributed by atoms with Crippen LogP contribution in [0.5, 0.6) is 0 Å². The van der Waals surface area contributed by atoms with E-state index in [4.69, 9.17) is 17.3 Å². The number of anilines is 1. The lowest BCUT2D eigenvalue weighted by atomic mass is 10.2. The number of nitrogens with two attached hydrogens (primary N) is 1. The maximum atomic E-state index is 6.02. The Morgan fingerprint density at radius 3 is 2.64 bits per heavy atom. The first-order valence-corrected chi connectivity index (χ1v) is 5.65. The van der Waals surface area contributed by atoms with Gasteiger partial charge in [-0.15, -0.1) is 0 Å². The van der Waals surface area contributed by atoms with Gasteiger partial charge < -0.3 is 11.1 Å². The van der Waals surface area contributed by atoms with E-state index in [-0.39, 0.29) is 12.1 Å². The van der Waals surface area contributed by atoms with E-state index in [1.807, 2.05) is 32.0 Å². The van der Waals surface area contributed by atoms with Crippen molar-refractivity contribution in [1.82, 2.24) is 0 Å². The Morgan fingerprint density at radius 2 is 2.07 bits per heavy atom. The van der Waals surface area contributed by atoms with Gasteiger partial charge in [0.05, 0.1) is 10.7 Å². The van der Waals surface area contributed by atoms with E-state index in [2.05, 4.69) is 21.2 Å². The molecule has 0 saturated carbocycles. The van der Waals surface area contributed by atoms with Gasteiger partial charge in [-0.1, -0.05) is 27.5 Å². The first kappa shape index (κ1) is 11.8. The van der Waals surface area contributed by atoms with Crippen LogP contribution in [0.15, 0.2) is 22.7 Å². The molecule has 0 saturated heterocycles. The van der Waals surface area contributed by atoms with E-state index in [1.54, 1.807) is 0 Å². The highest BCUT2D eigenvalue weighted by molar-refractivity contribution is 9.10. The van der Waals surface area contributed by atoms with Gasteiger partial charge in [0.2, 0.25) is 0 Å². The van der Waals surface area contributed by atoms with Gasteiger partial charge in [0.25, 0.3) is 0 Å². The smallest absolute Gasteiger partial charge is 0.0638 e. The van der Waals surface area contributed by atoms with Crippen molar-refractivity contribution in [2.45, 2.75) is 25.9 Å².